The predicted octanol–water partition coefficient (Wildman–Crippen LogP) is 3.81. The van der Waals surface area contributed by atoms with Crippen molar-refractivity contribution >= 4 is 46.7 Å². The number of benzene rings is 3. The van der Waals surface area contributed by atoms with Crippen molar-refractivity contribution in [3.05, 3.63) is 94.0 Å². The molecule has 33 heavy (non-hydrogen) atoms. The monoisotopic (exact) mass is 459 g/mol. The van der Waals surface area contributed by atoms with Crippen molar-refractivity contribution in [1.29, 1.82) is 5.26 Å². The van der Waals surface area contributed by atoms with E-state index in [9.17, 15) is 19.2 Å². The van der Waals surface area contributed by atoms with Crippen LogP contribution in [-0.4, -0.2) is 30.3 Å². The number of fused-ring (bicyclic) bond motifs is 1. The molecule has 0 spiro atoms. The molecular weight excluding hydrogens is 446 g/mol. The van der Waals surface area contributed by atoms with E-state index in [1.165, 1.54) is 24.3 Å². The van der Waals surface area contributed by atoms with Crippen LogP contribution in [0.3, 0.4) is 0 Å². The van der Waals surface area contributed by atoms with Gasteiger partial charge in [0.15, 0.2) is 6.61 Å². The summed E-state index contributed by atoms with van der Waals surface area (Å²) in [5.74, 6) is -2.66. The van der Waals surface area contributed by atoms with E-state index in [1.54, 1.807) is 42.5 Å². The average molecular weight is 460 g/mol. The highest BCUT2D eigenvalue weighted by molar-refractivity contribution is 6.39. The maximum atomic E-state index is 12.9. The molecule has 0 unspecified atom stereocenters. The van der Waals surface area contributed by atoms with Crippen molar-refractivity contribution < 1.29 is 23.9 Å². The van der Waals surface area contributed by atoms with Crippen molar-refractivity contribution in [2.45, 2.75) is 0 Å². The number of carbonyl (C=O) groups excluding carboxylic acids is 4. The van der Waals surface area contributed by atoms with Gasteiger partial charge in [-0.15, -0.1) is 0 Å². The lowest BCUT2D eigenvalue weighted by Gasteiger charge is -2.15. The maximum absolute atomic E-state index is 12.9. The van der Waals surface area contributed by atoms with E-state index >= 15 is 0 Å². The highest BCUT2D eigenvalue weighted by atomic mass is 35.5. The number of carbonyl (C=O) groups is 4. The van der Waals surface area contributed by atoms with E-state index in [0.29, 0.717) is 5.69 Å². The number of nitrogens with one attached hydrogen (secondary N) is 1. The molecule has 1 N–H and O–H groups in total. The lowest BCUT2D eigenvalue weighted by Crippen LogP contribution is -2.29. The van der Waals surface area contributed by atoms with Crippen molar-refractivity contribution in [1.82, 2.24) is 0 Å². The van der Waals surface area contributed by atoms with Crippen LogP contribution in [0.25, 0.3) is 0 Å². The topological polar surface area (TPSA) is 117 Å². The van der Waals surface area contributed by atoms with Crippen molar-refractivity contribution in [2.75, 3.05) is 16.8 Å². The summed E-state index contributed by atoms with van der Waals surface area (Å²) in [4.78, 5) is 51.1. The van der Waals surface area contributed by atoms with Gasteiger partial charge in [0, 0.05) is 0 Å². The normalized spacial score (nSPS) is 12.2. The van der Waals surface area contributed by atoms with Gasteiger partial charge in [-0.1, -0.05) is 35.9 Å². The minimum absolute atomic E-state index is 0.00105. The molecule has 0 aromatic heterocycles. The molecule has 8 nitrogen and oxygen atoms in total. The van der Waals surface area contributed by atoms with Crippen LogP contribution in [0, 0.1) is 11.3 Å². The van der Waals surface area contributed by atoms with Gasteiger partial charge in [0.2, 0.25) is 0 Å². The molecule has 1 aliphatic heterocycles. The number of esters is 1. The second-order valence-corrected chi connectivity index (χ2v) is 7.35. The van der Waals surface area contributed by atoms with Gasteiger partial charge in [0.1, 0.15) is 6.07 Å². The number of para-hydroxylation sites is 2. The number of nitriles is 1. The number of ether oxygens (including phenoxy) is 1. The standard InChI is InChI=1S/C24H14ClN3O5/c25-18-6-2-4-8-20(18)28-22(30)16-10-9-14(11-17(16)23(28)31)24(32)33-13-21(29)27-19-7-3-1-5-15(19)12-26/h1-11H,13H2,(H,27,29). The summed E-state index contributed by atoms with van der Waals surface area (Å²) in [6.45, 7) is -0.603. The maximum Gasteiger partial charge on any atom is 0.338 e. The molecule has 0 fully saturated rings. The zero-order valence-corrected chi connectivity index (χ0v) is 17.6. The Bertz CT molecular complexity index is 1360. The lowest BCUT2D eigenvalue weighted by atomic mass is 10.1. The summed E-state index contributed by atoms with van der Waals surface area (Å²) in [6, 6.07) is 18.7. The number of rotatable bonds is 5. The van der Waals surface area contributed by atoms with Gasteiger partial charge in [0.05, 0.1) is 38.7 Å². The van der Waals surface area contributed by atoms with Crippen LogP contribution in [0.4, 0.5) is 11.4 Å². The Morgan fingerprint density at radius 3 is 2.42 bits per heavy atom. The van der Waals surface area contributed by atoms with Crippen LogP contribution in [0.1, 0.15) is 36.6 Å². The third-order valence-corrected chi connectivity index (χ3v) is 5.19. The highest BCUT2D eigenvalue weighted by Crippen LogP contribution is 2.33. The Balaban J connectivity index is 1.47. The summed E-state index contributed by atoms with van der Waals surface area (Å²) in [6.07, 6.45) is 0. The summed E-state index contributed by atoms with van der Waals surface area (Å²) >= 11 is 6.13. The molecule has 3 aromatic carbocycles. The van der Waals surface area contributed by atoms with Gasteiger partial charge in [0.25, 0.3) is 17.7 Å². The first kappa shape index (κ1) is 21.7. The van der Waals surface area contributed by atoms with Gasteiger partial charge >= 0.3 is 5.97 Å². The van der Waals surface area contributed by atoms with E-state index in [2.05, 4.69) is 5.32 Å². The first-order valence-corrected chi connectivity index (χ1v) is 10.0. The number of imide groups is 1. The molecule has 0 aliphatic carbocycles. The number of halogens is 1. The zero-order valence-electron chi connectivity index (χ0n) is 16.9. The molecule has 0 saturated carbocycles. The SMILES string of the molecule is N#Cc1ccccc1NC(=O)COC(=O)c1ccc2c(c1)C(=O)N(c1ccccc1Cl)C2=O. The van der Waals surface area contributed by atoms with Gasteiger partial charge in [-0.05, 0) is 42.5 Å². The smallest absolute Gasteiger partial charge is 0.338 e. The molecule has 0 radical (unpaired) electrons. The van der Waals surface area contributed by atoms with E-state index in [0.717, 1.165) is 4.90 Å². The number of amides is 3. The molecule has 0 atom stereocenters. The Labute approximate surface area is 192 Å². The quantitative estimate of drug-likeness (QED) is 0.458. The summed E-state index contributed by atoms with van der Waals surface area (Å²) in [7, 11) is 0. The van der Waals surface area contributed by atoms with Gasteiger partial charge in [-0.2, -0.15) is 5.26 Å². The molecule has 0 bridgehead atoms. The summed E-state index contributed by atoms with van der Waals surface area (Å²) in [5, 5.41) is 11.8. The third kappa shape index (κ3) is 4.18. The van der Waals surface area contributed by atoms with E-state index < -0.39 is 30.3 Å². The van der Waals surface area contributed by atoms with Gasteiger partial charge in [-0.3, -0.25) is 14.4 Å². The van der Waals surface area contributed by atoms with Gasteiger partial charge < -0.3 is 10.1 Å². The van der Waals surface area contributed by atoms with Crippen LogP contribution in [0.2, 0.25) is 5.02 Å². The van der Waals surface area contributed by atoms with Gasteiger partial charge in [-0.25, -0.2) is 9.69 Å². The van der Waals surface area contributed by atoms with Crippen molar-refractivity contribution in [3.8, 4) is 6.07 Å². The fourth-order valence-electron chi connectivity index (χ4n) is 3.31. The minimum Gasteiger partial charge on any atom is -0.452 e. The van der Waals surface area contributed by atoms with Crippen LogP contribution in [0.5, 0.6) is 0 Å². The van der Waals surface area contributed by atoms with Crippen LogP contribution in [-0.2, 0) is 9.53 Å². The number of nitrogens with zero attached hydrogens (tertiary/aromatic N) is 2. The molecule has 3 aromatic rings. The number of hydrogen-bond acceptors (Lipinski definition) is 6. The lowest BCUT2D eigenvalue weighted by molar-refractivity contribution is -0.119. The first-order chi connectivity index (χ1) is 15.9. The van der Waals surface area contributed by atoms with Crippen LogP contribution >= 0.6 is 11.6 Å². The zero-order chi connectivity index (χ0) is 23.5. The van der Waals surface area contributed by atoms with Crippen LogP contribution in [0.15, 0.2) is 66.7 Å². The summed E-state index contributed by atoms with van der Waals surface area (Å²) in [5.41, 5.74) is 0.957. The number of anilines is 2. The molecule has 4 rings (SSSR count). The fourth-order valence-corrected chi connectivity index (χ4v) is 3.53. The largest absolute Gasteiger partial charge is 0.452 e. The minimum atomic E-state index is -0.849. The predicted molar refractivity (Wildman–Crippen MR) is 119 cm³/mol. The second-order valence-electron chi connectivity index (χ2n) is 6.94. The third-order valence-electron chi connectivity index (χ3n) is 4.87. The van der Waals surface area contributed by atoms with E-state index in [4.69, 9.17) is 21.6 Å². The van der Waals surface area contributed by atoms with Crippen LogP contribution < -0.4 is 10.2 Å². The molecule has 9 heteroatoms. The first-order valence-electron chi connectivity index (χ1n) is 9.64. The fraction of sp³-hybridized carbons (Fsp3) is 0.0417. The molecule has 3 amide bonds. The molecular formula is C24H14ClN3O5. The Morgan fingerprint density at radius 2 is 1.67 bits per heavy atom. The Hall–Kier alpha value is -4.48. The molecule has 0 saturated heterocycles. The highest BCUT2D eigenvalue weighted by Gasteiger charge is 2.38. The molecule has 1 aliphatic rings. The van der Waals surface area contributed by atoms with E-state index in [1.807, 2.05) is 6.07 Å². The Kier molecular flexibility index (Phi) is 5.89. The summed E-state index contributed by atoms with van der Waals surface area (Å²) < 4.78 is 5.02. The molecule has 162 valence electrons. The average Bonchev–Trinajstić information content (AvgIpc) is 3.07. The van der Waals surface area contributed by atoms with Crippen molar-refractivity contribution in [2.24, 2.45) is 0 Å². The second kappa shape index (κ2) is 8.94. The molecule has 1 heterocycles. The van der Waals surface area contributed by atoms with E-state index in [-0.39, 0.29) is 33.0 Å². The van der Waals surface area contributed by atoms with Crippen molar-refractivity contribution in [3.63, 3.8) is 0 Å². The Morgan fingerprint density at radius 1 is 0.970 bits per heavy atom. The number of hydrogen-bond donors (Lipinski definition) is 1.